The standard InChI is InChI=1S/C19H22Cl2N2OS/c1-3-12(2)22-11-18(24)23-8-6-17-15(7-9-25-17)19(23)14-5-4-13(20)10-16(14)21/h4-5,7,9-10,12,19,22H,3,6,8,11H2,1-2H3/p+1/t12-,19-/m0/s1. The molecule has 1 amide bonds. The molecule has 134 valence electrons. The molecule has 3 nitrogen and oxygen atoms in total. The lowest BCUT2D eigenvalue weighted by atomic mass is 9.93. The largest absolute Gasteiger partial charge is 0.336 e. The van der Waals surface area contributed by atoms with Crippen LogP contribution in [0.15, 0.2) is 29.6 Å². The molecule has 0 aliphatic carbocycles. The molecule has 2 atom stereocenters. The van der Waals surface area contributed by atoms with Crippen LogP contribution in [0.5, 0.6) is 0 Å². The van der Waals surface area contributed by atoms with E-state index < -0.39 is 0 Å². The second-order valence-corrected chi connectivity index (χ2v) is 8.37. The number of nitrogens with two attached hydrogens (primary N) is 1. The van der Waals surface area contributed by atoms with Gasteiger partial charge in [0, 0.05) is 21.5 Å². The second-order valence-electron chi connectivity index (χ2n) is 6.53. The lowest BCUT2D eigenvalue weighted by Crippen LogP contribution is -2.91. The van der Waals surface area contributed by atoms with Gasteiger partial charge in [-0.1, -0.05) is 36.2 Å². The minimum absolute atomic E-state index is 0.127. The number of rotatable bonds is 5. The lowest BCUT2D eigenvalue weighted by molar-refractivity contribution is -0.676. The Kier molecular flexibility index (Phi) is 6.05. The van der Waals surface area contributed by atoms with E-state index in [1.165, 1.54) is 10.4 Å². The van der Waals surface area contributed by atoms with Gasteiger partial charge in [0.15, 0.2) is 6.54 Å². The summed E-state index contributed by atoms with van der Waals surface area (Å²) in [5.41, 5.74) is 2.14. The predicted molar refractivity (Wildman–Crippen MR) is 105 cm³/mol. The van der Waals surface area contributed by atoms with E-state index >= 15 is 0 Å². The van der Waals surface area contributed by atoms with Crippen LogP contribution in [-0.4, -0.2) is 29.9 Å². The van der Waals surface area contributed by atoms with Crippen molar-refractivity contribution in [1.82, 2.24) is 4.90 Å². The first-order valence-corrected chi connectivity index (χ1v) is 10.3. The van der Waals surface area contributed by atoms with E-state index in [4.69, 9.17) is 23.2 Å². The SMILES string of the molecule is CC[C@H](C)[NH2+]CC(=O)N1CCc2sccc2[C@@H]1c1ccc(Cl)cc1Cl. The molecule has 3 rings (SSSR count). The lowest BCUT2D eigenvalue weighted by Gasteiger charge is -2.36. The first-order valence-electron chi connectivity index (χ1n) is 8.65. The number of benzene rings is 1. The monoisotopic (exact) mass is 397 g/mol. The minimum atomic E-state index is -0.127. The summed E-state index contributed by atoms with van der Waals surface area (Å²) in [6.45, 7) is 5.48. The van der Waals surface area contributed by atoms with Crippen molar-refractivity contribution in [3.05, 3.63) is 55.7 Å². The Labute approximate surface area is 162 Å². The highest BCUT2D eigenvalue weighted by molar-refractivity contribution is 7.10. The van der Waals surface area contributed by atoms with Gasteiger partial charge in [0.1, 0.15) is 0 Å². The number of thiophene rings is 1. The molecule has 1 aliphatic rings. The Balaban J connectivity index is 1.93. The maximum atomic E-state index is 12.9. The molecule has 1 aromatic heterocycles. The van der Waals surface area contributed by atoms with E-state index in [1.807, 2.05) is 17.0 Å². The summed E-state index contributed by atoms with van der Waals surface area (Å²) in [7, 11) is 0. The van der Waals surface area contributed by atoms with Crippen molar-refractivity contribution in [1.29, 1.82) is 0 Å². The third-order valence-electron chi connectivity index (χ3n) is 4.88. The number of quaternary nitrogens is 1. The topological polar surface area (TPSA) is 36.9 Å². The number of halogens is 2. The molecule has 1 aliphatic heterocycles. The summed E-state index contributed by atoms with van der Waals surface area (Å²) in [6.07, 6.45) is 1.96. The predicted octanol–water partition coefficient (Wildman–Crippen LogP) is 3.89. The van der Waals surface area contributed by atoms with E-state index in [9.17, 15) is 4.79 Å². The zero-order chi connectivity index (χ0) is 18.0. The molecule has 2 heterocycles. The van der Waals surface area contributed by atoms with Crippen molar-refractivity contribution in [2.75, 3.05) is 13.1 Å². The number of carbonyl (C=O) groups is 1. The van der Waals surface area contributed by atoms with Gasteiger partial charge in [0.05, 0.1) is 12.1 Å². The molecule has 2 aromatic rings. The molecule has 25 heavy (non-hydrogen) atoms. The van der Waals surface area contributed by atoms with Crippen LogP contribution < -0.4 is 5.32 Å². The van der Waals surface area contributed by atoms with Crippen LogP contribution in [0.25, 0.3) is 0 Å². The van der Waals surface area contributed by atoms with Gasteiger partial charge in [0.2, 0.25) is 0 Å². The Morgan fingerprint density at radius 2 is 2.16 bits per heavy atom. The Bertz CT molecular complexity index is 762. The highest BCUT2D eigenvalue weighted by Crippen LogP contribution is 2.40. The third-order valence-corrected chi connectivity index (χ3v) is 6.44. The summed E-state index contributed by atoms with van der Waals surface area (Å²) in [5.74, 6) is 0.160. The van der Waals surface area contributed by atoms with E-state index in [2.05, 4.69) is 30.6 Å². The van der Waals surface area contributed by atoms with Crippen molar-refractivity contribution in [3.63, 3.8) is 0 Å². The molecule has 0 radical (unpaired) electrons. The van der Waals surface area contributed by atoms with Gasteiger partial charge >= 0.3 is 0 Å². The molecule has 1 aromatic carbocycles. The first kappa shape index (κ1) is 18.7. The molecule has 2 N–H and O–H groups in total. The number of fused-ring (bicyclic) bond motifs is 1. The summed E-state index contributed by atoms with van der Waals surface area (Å²) in [5, 5.41) is 5.44. The average molecular weight is 398 g/mol. The van der Waals surface area contributed by atoms with E-state index in [1.54, 1.807) is 17.4 Å². The third kappa shape index (κ3) is 4.03. The molecule has 0 saturated carbocycles. The number of nitrogens with zero attached hydrogens (tertiary/aromatic N) is 1. The highest BCUT2D eigenvalue weighted by Gasteiger charge is 2.34. The molecule has 0 bridgehead atoms. The normalized spacial score (nSPS) is 18.1. The van der Waals surface area contributed by atoms with E-state index in [0.717, 1.165) is 24.9 Å². The van der Waals surface area contributed by atoms with Gasteiger partial charge in [-0.3, -0.25) is 4.79 Å². The molecule has 6 heteroatoms. The summed E-state index contributed by atoms with van der Waals surface area (Å²) >= 11 is 14.3. The smallest absolute Gasteiger partial charge is 0.278 e. The molecular formula is C19H23Cl2N2OS+. The molecule has 0 unspecified atom stereocenters. The number of hydrogen-bond acceptors (Lipinski definition) is 2. The van der Waals surface area contributed by atoms with Gasteiger partial charge in [-0.2, -0.15) is 0 Å². The van der Waals surface area contributed by atoms with Gasteiger partial charge in [-0.05, 0) is 54.5 Å². The van der Waals surface area contributed by atoms with Crippen LogP contribution in [0.3, 0.4) is 0 Å². The van der Waals surface area contributed by atoms with Gasteiger partial charge < -0.3 is 10.2 Å². The maximum absolute atomic E-state index is 12.9. The van der Waals surface area contributed by atoms with Crippen molar-refractivity contribution in [2.45, 2.75) is 38.8 Å². The number of carbonyl (C=O) groups excluding carboxylic acids is 1. The Hall–Kier alpha value is -1.07. The second kappa shape index (κ2) is 8.09. The van der Waals surface area contributed by atoms with Gasteiger partial charge in [0.25, 0.3) is 5.91 Å². The zero-order valence-electron chi connectivity index (χ0n) is 14.5. The van der Waals surface area contributed by atoms with Crippen LogP contribution in [-0.2, 0) is 11.2 Å². The summed E-state index contributed by atoms with van der Waals surface area (Å²) < 4.78 is 0. The van der Waals surface area contributed by atoms with Crippen LogP contribution in [0, 0.1) is 0 Å². The number of amides is 1. The highest BCUT2D eigenvalue weighted by atomic mass is 35.5. The molecular weight excluding hydrogens is 375 g/mol. The molecule has 0 fully saturated rings. The zero-order valence-corrected chi connectivity index (χ0v) is 16.8. The van der Waals surface area contributed by atoms with E-state index in [-0.39, 0.29) is 11.9 Å². The number of hydrogen-bond donors (Lipinski definition) is 1. The minimum Gasteiger partial charge on any atom is -0.336 e. The van der Waals surface area contributed by atoms with Crippen LogP contribution in [0.2, 0.25) is 10.0 Å². The van der Waals surface area contributed by atoms with Crippen molar-refractivity contribution >= 4 is 40.4 Å². The van der Waals surface area contributed by atoms with Crippen molar-refractivity contribution in [2.24, 2.45) is 0 Å². The fourth-order valence-electron chi connectivity index (χ4n) is 3.23. The fraction of sp³-hybridized carbons (Fsp3) is 0.421. The maximum Gasteiger partial charge on any atom is 0.278 e. The summed E-state index contributed by atoms with van der Waals surface area (Å²) in [4.78, 5) is 16.3. The summed E-state index contributed by atoms with van der Waals surface area (Å²) in [6, 6.07) is 7.99. The molecule has 0 saturated heterocycles. The molecule has 0 spiro atoms. The van der Waals surface area contributed by atoms with Crippen molar-refractivity contribution < 1.29 is 10.1 Å². The van der Waals surface area contributed by atoms with Crippen LogP contribution >= 0.6 is 34.5 Å². The Morgan fingerprint density at radius 1 is 1.36 bits per heavy atom. The fourth-order valence-corrected chi connectivity index (χ4v) is 4.65. The van der Waals surface area contributed by atoms with Gasteiger partial charge in [-0.15, -0.1) is 11.3 Å². The van der Waals surface area contributed by atoms with Crippen molar-refractivity contribution in [3.8, 4) is 0 Å². The first-order chi connectivity index (χ1) is 12.0. The van der Waals surface area contributed by atoms with Crippen LogP contribution in [0.1, 0.15) is 42.3 Å². The van der Waals surface area contributed by atoms with Crippen LogP contribution in [0.4, 0.5) is 0 Å². The van der Waals surface area contributed by atoms with E-state index in [0.29, 0.717) is 22.6 Å². The Morgan fingerprint density at radius 3 is 2.88 bits per heavy atom. The average Bonchev–Trinajstić information content (AvgIpc) is 3.07. The quantitative estimate of drug-likeness (QED) is 0.815. The van der Waals surface area contributed by atoms with Gasteiger partial charge in [-0.25, -0.2) is 0 Å².